The van der Waals surface area contributed by atoms with Crippen molar-refractivity contribution in [1.82, 2.24) is 14.1 Å². The Bertz CT molecular complexity index is 1060. The van der Waals surface area contributed by atoms with Gasteiger partial charge in [0, 0.05) is 32.2 Å². The molecule has 8 nitrogen and oxygen atoms in total. The summed E-state index contributed by atoms with van der Waals surface area (Å²) in [6.07, 6.45) is 3.24. The van der Waals surface area contributed by atoms with Crippen LogP contribution in [0.15, 0.2) is 45.4 Å². The van der Waals surface area contributed by atoms with E-state index < -0.39 is 23.1 Å². The summed E-state index contributed by atoms with van der Waals surface area (Å²) in [6.45, 7) is 5.91. The van der Waals surface area contributed by atoms with Crippen molar-refractivity contribution in [1.29, 1.82) is 0 Å². The van der Waals surface area contributed by atoms with Crippen molar-refractivity contribution < 1.29 is 9.53 Å². The number of fused-ring (bicyclic) bond motifs is 1. The lowest BCUT2D eigenvalue weighted by Crippen LogP contribution is -2.43. The van der Waals surface area contributed by atoms with E-state index in [-0.39, 0.29) is 12.5 Å². The van der Waals surface area contributed by atoms with Crippen LogP contribution in [0.2, 0.25) is 0 Å². The third-order valence-corrected chi connectivity index (χ3v) is 4.77. The standard InChI is InChI=1S/C20H24N4O4/c1-11(2)10-28-19(26)14-12(3)22-17-16(15(14)13-7-6-8-21-9-13)18(25)24(5)20(27)23(17)4/h6-9,11,15,22H,10H2,1-5H3/t15-/m0/s1. The molecule has 3 heterocycles. The largest absolute Gasteiger partial charge is 0.462 e. The molecule has 1 aliphatic heterocycles. The van der Waals surface area contributed by atoms with E-state index in [0.29, 0.717) is 28.2 Å². The Kier molecular flexibility index (Phi) is 5.22. The summed E-state index contributed by atoms with van der Waals surface area (Å²) in [6, 6.07) is 3.55. The van der Waals surface area contributed by atoms with E-state index in [4.69, 9.17) is 4.74 Å². The number of ether oxygens (including phenoxy) is 1. The molecule has 28 heavy (non-hydrogen) atoms. The molecule has 2 aromatic rings. The fraction of sp³-hybridized carbons (Fsp3) is 0.400. The van der Waals surface area contributed by atoms with Gasteiger partial charge in [0.1, 0.15) is 5.82 Å². The molecule has 8 heteroatoms. The first-order valence-electron chi connectivity index (χ1n) is 9.08. The van der Waals surface area contributed by atoms with Crippen molar-refractivity contribution in [2.75, 3.05) is 11.9 Å². The highest BCUT2D eigenvalue weighted by Gasteiger charge is 2.37. The number of nitrogens with zero attached hydrogens (tertiary/aromatic N) is 3. The molecule has 0 bridgehead atoms. The summed E-state index contributed by atoms with van der Waals surface area (Å²) in [5.41, 5.74) is 0.979. The molecule has 0 saturated heterocycles. The Hall–Kier alpha value is -3.16. The van der Waals surface area contributed by atoms with Crippen molar-refractivity contribution >= 4 is 11.8 Å². The van der Waals surface area contributed by atoms with E-state index >= 15 is 0 Å². The van der Waals surface area contributed by atoms with Crippen molar-refractivity contribution in [3.05, 3.63) is 67.8 Å². The van der Waals surface area contributed by atoms with Crippen LogP contribution >= 0.6 is 0 Å². The smallest absolute Gasteiger partial charge is 0.336 e. The Balaban J connectivity index is 2.27. The first kappa shape index (κ1) is 19.6. The number of hydrogen-bond acceptors (Lipinski definition) is 6. The predicted molar refractivity (Wildman–Crippen MR) is 105 cm³/mol. The van der Waals surface area contributed by atoms with Crippen LogP contribution in [0.4, 0.5) is 5.82 Å². The number of rotatable bonds is 4. The van der Waals surface area contributed by atoms with Gasteiger partial charge in [-0.1, -0.05) is 19.9 Å². The fourth-order valence-electron chi connectivity index (χ4n) is 3.36. The van der Waals surface area contributed by atoms with Crippen molar-refractivity contribution in [3.8, 4) is 0 Å². The Labute approximate surface area is 162 Å². The second-order valence-corrected chi connectivity index (χ2v) is 7.34. The number of anilines is 1. The van der Waals surface area contributed by atoms with E-state index in [1.165, 1.54) is 11.6 Å². The summed E-state index contributed by atoms with van der Waals surface area (Å²) < 4.78 is 7.89. The maximum atomic E-state index is 13.0. The van der Waals surface area contributed by atoms with Crippen LogP contribution in [0.5, 0.6) is 0 Å². The molecule has 0 amide bonds. The zero-order valence-corrected chi connectivity index (χ0v) is 16.6. The quantitative estimate of drug-likeness (QED) is 0.803. The van der Waals surface area contributed by atoms with E-state index in [2.05, 4.69) is 10.3 Å². The highest BCUT2D eigenvalue weighted by Crippen LogP contribution is 2.39. The second kappa shape index (κ2) is 7.46. The number of allylic oxidation sites excluding steroid dienone is 1. The van der Waals surface area contributed by atoms with Gasteiger partial charge in [-0.2, -0.15) is 0 Å². The molecule has 0 saturated carbocycles. The Morgan fingerprint density at radius 1 is 1.29 bits per heavy atom. The van der Waals surface area contributed by atoms with Gasteiger partial charge in [0.05, 0.1) is 23.7 Å². The average molecular weight is 384 g/mol. The summed E-state index contributed by atoms with van der Waals surface area (Å²) >= 11 is 0. The first-order chi connectivity index (χ1) is 13.2. The number of hydrogen-bond donors (Lipinski definition) is 1. The molecule has 0 spiro atoms. The number of esters is 1. The molecular weight excluding hydrogens is 360 g/mol. The SMILES string of the molecule is CC1=C(C(=O)OCC(C)C)[C@H](c2cccnc2)c2c(n(C)c(=O)n(C)c2=O)N1. The van der Waals surface area contributed by atoms with E-state index in [0.717, 1.165) is 4.57 Å². The third kappa shape index (κ3) is 3.26. The number of carbonyl (C=O) groups excluding carboxylic acids is 1. The van der Waals surface area contributed by atoms with Gasteiger partial charge in [0.2, 0.25) is 0 Å². The topological polar surface area (TPSA) is 95.2 Å². The normalized spacial score (nSPS) is 16.0. The van der Waals surface area contributed by atoms with E-state index in [1.807, 2.05) is 13.8 Å². The highest BCUT2D eigenvalue weighted by molar-refractivity contribution is 5.94. The average Bonchev–Trinajstić information content (AvgIpc) is 2.68. The molecule has 3 rings (SSSR count). The van der Waals surface area contributed by atoms with Crippen LogP contribution in [0, 0.1) is 5.92 Å². The van der Waals surface area contributed by atoms with Gasteiger partial charge in [-0.3, -0.25) is 18.9 Å². The van der Waals surface area contributed by atoms with Crippen LogP contribution in [-0.4, -0.2) is 26.7 Å². The highest BCUT2D eigenvalue weighted by atomic mass is 16.5. The molecule has 0 fully saturated rings. The van der Waals surface area contributed by atoms with Gasteiger partial charge in [0.25, 0.3) is 5.56 Å². The molecule has 1 atom stereocenters. The van der Waals surface area contributed by atoms with Gasteiger partial charge < -0.3 is 10.1 Å². The third-order valence-electron chi connectivity index (χ3n) is 4.77. The molecule has 0 aromatic carbocycles. The second-order valence-electron chi connectivity index (χ2n) is 7.34. The first-order valence-corrected chi connectivity index (χ1v) is 9.08. The number of pyridine rings is 1. The van der Waals surface area contributed by atoms with E-state index in [1.54, 1.807) is 38.5 Å². The molecule has 1 aliphatic rings. The van der Waals surface area contributed by atoms with Crippen LogP contribution in [0.25, 0.3) is 0 Å². The van der Waals surface area contributed by atoms with Gasteiger partial charge in [-0.15, -0.1) is 0 Å². The maximum Gasteiger partial charge on any atom is 0.336 e. The lowest BCUT2D eigenvalue weighted by atomic mass is 9.83. The van der Waals surface area contributed by atoms with Crippen LogP contribution in [0.1, 0.15) is 37.8 Å². The lowest BCUT2D eigenvalue weighted by molar-refractivity contribution is -0.140. The molecule has 1 N–H and O–H groups in total. The minimum Gasteiger partial charge on any atom is -0.462 e. The summed E-state index contributed by atoms with van der Waals surface area (Å²) in [5, 5.41) is 3.06. The molecule has 0 aliphatic carbocycles. The van der Waals surface area contributed by atoms with Crippen LogP contribution in [0.3, 0.4) is 0 Å². The van der Waals surface area contributed by atoms with Gasteiger partial charge in [-0.05, 0) is 24.5 Å². The molecule has 148 valence electrons. The zero-order chi connectivity index (χ0) is 20.6. The maximum absolute atomic E-state index is 13.0. The van der Waals surface area contributed by atoms with Crippen molar-refractivity contribution in [2.45, 2.75) is 26.7 Å². The number of carbonyl (C=O) groups is 1. The van der Waals surface area contributed by atoms with Gasteiger partial charge in [-0.25, -0.2) is 9.59 Å². The minimum absolute atomic E-state index is 0.180. The summed E-state index contributed by atoms with van der Waals surface area (Å²) in [4.78, 5) is 42.5. The minimum atomic E-state index is -0.685. The van der Waals surface area contributed by atoms with E-state index in [9.17, 15) is 14.4 Å². The van der Waals surface area contributed by atoms with Crippen molar-refractivity contribution in [3.63, 3.8) is 0 Å². The van der Waals surface area contributed by atoms with Crippen molar-refractivity contribution in [2.24, 2.45) is 20.0 Å². The van der Waals surface area contributed by atoms with Gasteiger partial charge in [0.15, 0.2) is 0 Å². The zero-order valence-electron chi connectivity index (χ0n) is 16.6. The predicted octanol–water partition coefficient (Wildman–Crippen LogP) is 1.51. The van der Waals surface area contributed by atoms with Gasteiger partial charge >= 0.3 is 11.7 Å². The molecular formula is C20H24N4O4. The Morgan fingerprint density at radius 3 is 2.61 bits per heavy atom. The Morgan fingerprint density at radius 2 is 2.00 bits per heavy atom. The number of aromatic nitrogens is 3. The lowest BCUT2D eigenvalue weighted by Gasteiger charge is -2.30. The molecule has 2 aromatic heterocycles. The monoisotopic (exact) mass is 384 g/mol. The summed E-state index contributed by atoms with van der Waals surface area (Å²) in [5.74, 6) is -0.622. The molecule has 0 radical (unpaired) electrons. The fourth-order valence-corrected chi connectivity index (χ4v) is 3.36. The number of nitrogens with one attached hydrogen (secondary N) is 1. The molecule has 0 unspecified atom stereocenters. The summed E-state index contributed by atoms with van der Waals surface area (Å²) in [7, 11) is 3.01. The van der Waals surface area contributed by atoms with Crippen LogP contribution < -0.4 is 16.6 Å². The van der Waals surface area contributed by atoms with Crippen LogP contribution in [-0.2, 0) is 23.6 Å².